The molecule has 0 saturated heterocycles. The molecule has 1 aromatic heterocycles. The predicted molar refractivity (Wildman–Crippen MR) is 64.0 cm³/mol. The third kappa shape index (κ3) is 2.04. The van der Waals surface area contributed by atoms with Crippen LogP contribution in [0.5, 0.6) is 0 Å². The fourth-order valence-corrected chi connectivity index (χ4v) is 2.67. The number of hydrogen-bond acceptors (Lipinski definition) is 4. The van der Waals surface area contributed by atoms with Gasteiger partial charge in [0.2, 0.25) is 0 Å². The molecule has 3 rings (SSSR count). The fourth-order valence-electron chi connectivity index (χ4n) is 2.67. The number of carbonyl (C=O) groups is 1. The first-order valence-corrected chi connectivity index (χ1v) is 6.54. The van der Waals surface area contributed by atoms with Gasteiger partial charge >= 0.3 is 11.9 Å². The van der Waals surface area contributed by atoms with E-state index in [1.165, 1.54) is 4.57 Å². The second-order valence-electron chi connectivity index (χ2n) is 5.46. The number of rotatable bonds is 2. The summed E-state index contributed by atoms with van der Waals surface area (Å²) < 4.78 is 41.1. The van der Waals surface area contributed by atoms with Crippen LogP contribution in [0.3, 0.4) is 0 Å². The van der Waals surface area contributed by atoms with Crippen LogP contribution in [0, 0.1) is 5.92 Å². The van der Waals surface area contributed by atoms with Gasteiger partial charge in [0.05, 0.1) is 6.54 Å². The molecule has 1 aromatic rings. The number of H-pyrrole nitrogens is 1. The van der Waals surface area contributed by atoms with Crippen molar-refractivity contribution in [1.29, 1.82) is 0 Å². The number of hydrogen-bond donors (Lipinski definition) is 2. The summed E-state index contributed by atoms with van der Waals surface area (Å²) in [4.78, 5) is 24.7. The predicted octanol–water partition coefficient (Wildman–Crippen LogP) is -0.417. The number of aromatic amines is 1. The van der Waals surface area contributed by atoms with Gasteiger partial charge in [0.15, 0.2) is 11.4 Å². The summed E-state index contributed by atoms with van der Waals surface area (Å²) in [5, 5.41) is 5.91. The van der Waals surface area contributed by atoms with Crippen molar-refractivity contribution in [2.75, 3.05) is 6.54 Å². The summed E-state index contributed by atoms with van der Waals surface area (Å²) in [6, 6.07) is 0. The molecule has 2 heterocycles. The molecule has 1 aliphatic carbocycles. The molecule has 1 fully saturated rings. The highest BCUT2D eigenvalue weighted by Crippen LogP contribution is 2.47. The van der Waals surface area contributed by atoms with Crippen LogP contribution in [-0.2, 0) is 17.9 Å². The van der Waals surface area contributed by atoms with E-state index >= 15 is 0 Å². The van der Waals surface area contributed by atoms with Gasteiger partial charge in [-0.1, -0.05) is 0 Å². The third-order valence-corrected chi connectivity index (χ3v) is 4.09. The van der Waals surface area contributed by atoms with Gasteiger partial charge in [0, 0.05) is 13.1 Å². The zero-order chi connectivity index (χ0) is 15.4. The Morgan fingerprint density at radius 1 is 1.33 bits per heavy atom. The Bertz CT molecular complexity index is 633. The maximum Gasteiger partial charge on any atom is 0.415 e. The Labute approximate surface area is 116 Å². The number of nitrogens with two attached hydrogens (primary N) is 1. The van der Waals surface area contributed by atoms with E-state index in [1.54, 1.807) is 0 Å². The Morgan fingerprint density at radius 2 is 2.00 bits per heavy atom. The molecule has 2 aliphatic rings. The van der Waals surface area contributed by atoms with E-state index < -0.39 is 29.2 Å². The summed E-state index contributed by atoms with van der Waals surface area (Å²) in [5.41, 5.74) is 2.19. The molecule has 0 radical (unpaired) electrons. The molecule has 21 heavy (non-hydrogen) atoms. The van der Waals surface area contributed by atoms with Crippen molar-refractivity contribution in [2.45, 2.75) is 37.6 Å². The van der Waals surface area contributed by atoms with E-state index in [0.717, 1.165) is 4.90 Å². The number of alkyl halides is 3. The lowest BCUT2D eigenvalue weighted by atomic mass is 9.91. The molecule has 1 unspecified atom stereocenters. The van der Waals surface area contributed by atoms with Gasteiger partial charge in [-0.25, -0.2) is 9.89 Å². The fraction of sp³-hybridized carbons (Fsp3) is 0.727. The maximum absolute atomic E-state index is 13.3. The average molecular weight is 305 g/mol. The minimum atomic E-state index is -4.80. The third-order valence-electron chi connectivity index (χ3n) is 4.09. The van der Waals surface area contributed by atoms with Gasteiger partial charge in [-0.3, -0.25) is 9.36 Å². The van der Waals surface area contributed by atoms with E-state index in [9.17, 15) is 22.8 Å². The standard InChI is InChI=1S/C11H14F3N5O2/c12-11(13,14)10(15,6-1-2-6)8(20)18-3-4-19-7(5-18)16-17-9(19)21/h6H,1-5,15H2,(H,17,21). The number of halogens is 3. The minimum Gasteiger partial charge on any atom is -0.331 e. The van der Waals surface area contributed by atoms with Gasteiger partial charge in [0.25, 0.3) is 5.91 Å². The number of fused-ring (bicyclic) bond motifs is 1. The Hall–Kier alpha value is -1.84. The number of nitrogens with one attached hydrogen (secondary N) is 1. The van der Waals surface area contributed by atoms with Crippen molar-refractivity contribution in [3.05, 3.63) is 16.3 Å². The SMILES string of the molecule is NC(C(=O)N1CCn2c(n[nH]c2=O)C1)(C1CC1)C(F)(F)F. The van der Waals surface area contributed by atoms with Crippen molar-refractivity contribution in [2.24, 2.45) is 11.7 Å². The first-order valence-electron chi connectivity index (χ1n) is 6.54. The van der Waals surface area contributed by atoms with Crippen molar-refractivity contribution in [3.63, 3.8) is 0 Å². The highest BCUT2D eigenvalue weighted by Gasteiger charge is 2.66. The van der Waals surface area contributed by atoms with E-state index in [0.29, 0.717) is 12.8 Å². The Morgan fingerprint density at radius 3 is 2.57 bits per heavy atom. The van der Waals surface area contributed by atoms with Crippen LogP contribution in [0.1, 0.15) is 18.7 Å². The molecule has 1 atom stereocenters. The van der Waals surface area contributed by atoms with Crippen molar-refractivity contribution < 1.29 is 18.0 Å². The number of aromatic nitrogens is 3. The number of amides is 1. The van der Waals surface area contributed by atoms with Gasteiger partial charge < -0.3 is 10.6 Å². The first kappa shape index (κ1) is 14.1. The summed E-state index contributed by atoms with van der Waals surface area (Å²) >= 11 is 0. The molecule has 116 valence electrons. The molecule has 0 spiro atoms. The highest BCUT2D eigenvalue weighted by atomic mass is 19.4. The number of nitrogens with zero attached hydrogens (tertiary/aromatic N) is 3. The highest BCUT2D eigenvalue weighted by molar-refractivity contribution is 5.88. The van der Waals surface area contributed by atoms with Crippen molar-refractivity contribution in [3.8, 4) is 0 Å². The second kappa shape index (κ2) is 4.33. The molecule has 3 N–H and O–H groups in total. The summed E-state index contributed by atoms with van der Waals surface area (Å²) in [6.07, 6.45) is -4.21. The van der Waals surface area contributed by atoms with Crippen molar-refractivity contribution in [1.82, 2.24) is 19.7 Å². The lowest BCUT2D eigenvalue weighted by molar-refractivity contribution is -0.203. The van der Waals surface area contributed by atoms with Crippen LogP contribution in [-0.4, -0.2) is 43.8 Å². The lowest BCUT2D eigenvalue weighted by Crippen LogP contribution is -2.66. The largest absolute Gasteiger partial charge is 0.415 e. The average Bonchev–Trinajstić information content (AvgIpc) is 3.21. The van der Waals surface area contributed by atoms with Crippen LogP contribution in [0.4, 0.5) is 13.2 Å². The van der Waals surface area contributed by atoms with Crippen LogP contribution in [0.25, 0.3) is 0 Å². The molecular weight excluding hydrogens is 291 g/mol. The summed E-state index contributed by atoms with van der Waals surface area (Å²) in [5.74, 6) is -1.77. The molecule has 10 heteroatoms. The zero-order valence-electron chi connectivity index (χ0n) is 11.0. The molecule has 0 bridgehead atoms. The van der Waals surface area contributed by atoms with Crippen molar-refractivity contribution >= 4 is 5.91 Å². The van der Waals surface area contributed by atoms with Gasteiger partial charge in [-0.15, -0.1) is 0 Å². The summed E-state index contributed by atoms with van der Waals surface area (Å²) in [7, 11) is 0. The zero-order valence-corrected chi connectivity index (χ0v) is 11.0. The maximum atomic E-state index is 13.3. The lowest BCUT2D eigenvalue weighted by Gasteiger charge is -2.37. The molecular formula is C11H14F3N5O2. The second-order valence-corrected chi connectivity index (χ2v) is 5.46. The number of carbonyl (C=O) groups excluding carboxylic acids is 1. The molecule has 7 nitrogen and oxygen atoms in total. The molecule has 1 aliphatic heterocycles. The van der Waals surface area contributed by atoms with E-state index in [1.807, 2.05) is 0 Å². The molecule has 1 amide bonds. The quantitative estimate of drug-likeness (QED) is 0.776. The first-order chi connectivity index (χ1) is 9.75. The van der Waals surface area contributed by atoms with Crippen LogP contribution >= 0.6 is 0 Å². The topological polar surface area (TPSA) is 97.0 Å². The van der Waals surface area contributed by atoms with Gasteiger partial charge in [-0.05, 0) is 18.8 Å². The van der Waals surface area contributed by atoms with Crippen LogP contribution in [0.2, 0.25) is 0 Å². The normalized spacial score (nSPS) is 21.8. The van der Waals surface area contributed by atoms with E-state index in [2.05, 4.69) is 10.2 Å². The Kier molecular flexibility index (Phi) is 2.91. The molecule has 1 saturated carbocycles. The molecule has 0 aromatic carbocycles. The summed E-state index contributed by atoms with van der Waals surface area (Å²) in [6.45, 7) is -0.0403. The Balaban J connectivity index is 1.87. The van der Waals surface area contributed by atoms with Gasteiger partial charge in [0.1, 0.15) is 0 Å². The van der Waals surface area contributed by atoms with E-state index in [4.69, 9.17) is 5.73 Å². The van der Waals surface area contributed by atoms with Crippen LogP contribution in [0.15, 0.2) is 4.79 Å². The van der Waals surface area contributed by atoms with Crippen LogP contribution < -0.4 is 11.4 Å². The monoisotopic (exact) mass is 305 g/mol. The minimum absolute atomic E-state index is 0.00697. The van der Waals surface area contributed by atoms with E-state index in [-0.39, 0.29) is 25.5 Å². The van der Waals surface area contributed by atoms with Gasteiger partial charge in [-0.2, -0.15) is 18.3 Å². The smallest absolute Gasteiger partial charge is 0.331 e.